The molecule has 0 atom stereocenters. The zero-order valence-corrected chi connectivity index (χ0v) is 21.3. The van der Waals surface area contributed by atoms with Crippen molar-refractivity contribution in [1.82, 2.24) is 9.13 Å². The van der Waals surface area contributed by atoms with E-state index in [0.717, 1.165) is 11.2 Å². The lowest BCUT2D eigenvalue weighted by Gasteiger charge is -2.09. The first-order chi connectivity index (χ1) is 19.3. The van der Waals surface area contributed by atoms with Crippen LogP contribution in [0.4, 0.5) is 0 Å². The molecule has 8 rings (SSSR count). The first-order valence-electron chi connectivity index (χ1n) is 13.2. The number of para-hydroxylation sites is 3. The molecule has 0 bridgehead atoms. The number of rotatable bonds is 3. The number of benzene rings is 6. The van der Waals surface area contributed by atoms with Gasteiger partial charge in [0, 0.05) is 32.9 Å². The molecule has 0 aliphatic heterocycles. The van der Waals surface area contributed by atoms with Gasteiger partial charge in [-0.1, -0.05) is 84.3 Å². The van der Waals surface area contributed by atoms with E-state index in [1.54, 1.807) is 0 Å². The SMILES string of the molecule is [B]c1ccc(-n2c3ccccc3c3cc(-c4ccc5c(c4)c4ccccc4n5-c4ccccc4)ccc32)cc1. The highest BCUT2D eigenvalue weighted by molar-refractivity contribution is 6.32. The van der Waals surface area contributed by atoms with Gasteiger partial charge in [0.1, 0.15) is 7.85 Å². The van der Waals surface area contributed by atoms with Crippen molar-refractivity contribution in [2.45, 2.75) is 0 Å². The zero-order valence-electron chi connectivity index (χ0n) is 21.3. The van der Waals surface area contributed by atoms with E-state index < -0.39 is 0 Å². The van der Waals surface area contributed by atoms with Gasteiger partial charge in [0.2, 0.25) is 0 Å². The summed E-state index contributed by atoms with van der Waals surface area (Å²) in [6.45, 7) is 0. The molecule has 0 N–H and O–H groups in total. The minimum absolute atomic E-state index is 0.769. The topological polar surface area (TPSA) is 9.86 Å². The predicted octanol–water partition coefficient (Wildman–Crippen LogP) is 8.34. The molecule has 0 fully saturated rings. The standard InChI is InChI=1S/C36H23BN2/c37-26-16-18-28(19-17-26)39-34-13-7-5-11-30(34)32-23-25(15-21-36(32)39)24-14-20-35-31(22-24)29-10-4-6-12-33(29)38(35)27-8-2-1-3-9-27/h1-23H. The summed E-state index contributed by atoms with van der Waals surface area (Å²) < 4.78 is 4.68. The molecule has 0 unspecified atom stereocenters. The van der Waals surface area contributed by atoms with Gasteiger partial charge < -0.3 is 9.13 Å². The van der Waals surface area contributed by atoms with Crippen LogP contribution in [0.5, 0.6) is 0 Å². The molecular weight excluding hydrogens is 471 g/mol. The molecular formula is C36H23BN2. The van der Waals surface area contributed by atoms with Crippen LogP contribution in [0.15, 0.2) is 140 Å². The van der Waals surface area contributed by atoms with E-state index in [4.69, 9.17) is 7.85 Å². The lowest BCUT2D eigenvalue weighted by Crippen LogP contribution is -2.02. The van der Waals surface area contributed by atoms with E-state index in [9.17, 15) is 0 Å². The molecule has 2 heterocycles. The van der Waals surface area contributed by atoms with Crippen molar-refractivity contribution in [2.75, 3.05) is 0 Å². The van der Waals surface area contributed by atoms with Gasteiger partial charge >= 0.3 is 0 Å². The molecule has 3 heteroatoms. The van der Waals surface area contributed by atoms with Crippen LogP contribution in [-0.2, 0) is 0 Å². The number of fused-ring (bicyclic) bond motifs is 6. The number of nitrogens with zero attached hydrogens (tertiary/aromatic N) is 2. The Morgan fingerprint density at radius 2 is 0.795 bits per heavy atom. The van der Waals surface area contributed by atoms with Crippen LogP contribution in [-0.4, -0.2) is 17.0 Å². The smallest absolute Gasteiger partial charge is 0.113 e. The van der Waals surface area contributed by atoms with Crippen LogP contribution in [0.2, 0.25) is 0 Å². The molecule has 8 aromatic rings. The second kappa shape index (κ2) is 8.51. The van der Waals surface area contributed by atoms with Crippen LogP contribution in [0, 0.1) is 0 Å². The molecule has 0 spiro atoms. The minimum atomic E-state index is 0.769. The summed E-state index contributed by atoms with van der Waals surface area (Å²) in [5.74, 6) is 0. The van der Waals surface area contributed by atoms with E-state index >= 15 is 0 Å². The molecule has 0 saturated heterocycles. The molecule has 0 aliphatic rings. The van der Waals surface area contributed by atoms with Gasteiger partial charge in [0.05, 0.1) is 22.1 Å². The predicted molar refractivity (Wildman–Crippen MR) is 166 cm³/mol. The Kier molecular flexibility index (Phi) is 4.80. The highest BCUT2D eigenvalue weighted by Crippen LogP contribution is 2.38. The maximum Gasteiger partial charge on any atom is 0.113 e. The Labute approximate surface area is 227 Å². The Balaban J connectivity index is 1.35. The third kappa shape index (κ3) is 3.37. The van der Waals surface area contributed by atoms with E-state index in [1.807, 2.05) is 12.1 Å². The van der Waals surface area contributed by atoms with E-state index in [2.05, 4.69) is 137 Å². The fourth-order valence-electron chi connectivity index (χ4n) is 6.06. The Morgan fingerprint density at radius 1 is 0.359 bits per heavy atom. The summed E-state index contributed by atoms with van der Waals surface area (Å²) >= 11 is 0. The summed E-state index contributed by atoms with van der Waals surface area (Å²) in [4.78, 5) is 0. The average molecular weight is 494 g/mol. The van der Waals surface area contributed by atoms with Crippen molar-refractivity contribution in [3.8, 4) is 22.5 Å². The molecule has 39 heavy (non-hydrogen) atoms. The van der Waals surface area contributed by atoms with Crippen LogP contribution in [0.25, 0.3) is 66.1 Å². The first-order valence-corrected chi connectivity index (χ1v) is 13.2. The summed E-state index contributed by atoms with van der Waals surface area (Å²) in [6, 6.07) is 49.7. The van der Waals surface area contributed by atoms with Gasteiger partial charge in [-0.25, -0.2) is 0 Å². The van der Waals surface area contributed by atoms with Gasteiger partial charge in [-0.2, -0.15) is 0 Å². The van der Waals surface area contributed by atoms with Gasteiger partial charge in [-0.3, -0.25) is 0 Å². The maximum atomic E-state index is 5.99. The van der Waals surface area contributed by atoms with Crippen molar-refractivity contribution in [2.24, 2.45) is 0 Å². The second-order valence-electron chi connectivity index (χ2n) is 10.1. The largest absolute Gasteiger partial charge is 0.309 e. The fraction of sp³-hybridized carbons (Fsp3) is 0. The fourth-order valence-corrected chi connectivity index (χ4v) is 6.06. The zero-order chi connectivity index (χ0) is 25.9. The number of hydrogen-bond acceptors (Lipinski definition) is 0. The normalized spacial score (nSPS) is 11.7. The van der Waals surface area contributed by atoms with Crippen molar-refractivity contribution >= 4 is 56.9 Å². The Morgan fingerprint density at radius 3 is 1.33 bits per heavy atom. The quantitative estimate of drug-likeness (QED) is 0.219. The number of aromatic nitrogens is 2. The lowest BCUT2D eigenvalue weighted by molar-refractivity contribution is 1.18. The Hall–Kier alpha value is -5.02. The number of hydrogen-bond donors (Lipinski definition) is 0. The van der Waals surface area contributed by atoms with Crippen LogP contribution < -0.4 is 5.46 Å². The molecule has 6 aromatic carbocycles. The summed E-state index contributed by atoms with van der Waals surface area (Å²) in [7, 11) is 5.99. The molecule has 0 aliphatic carbocycles. The average Bonchev–Trinajstić information content (AvgIpc) is 3.50. The molecule has 180 valence electrons. The van der Waals surface area contributed by atoms with Crippen molar-refractivity contribution in [3.63, 3.8) is 0 Å². The van der Waals surface area contributed by atoms with Crippen LogP contribution in [0.1, 0.15) is 0 Å². The third-order valence-electron chi connectivity index (χ3n) is 7.84. The molecule has 0 saturated carbocycles. The second-order valence-corrected chi connectivity index (χ2v) is 10.1. The van der Waals surface area contributed by atoms with Crippen molar-refractivity contribution < 1.29 is 0 Å². The Bertz CT molecular complexity index is 2170. The molecule has 2 aromatic heterocycles. The molecule has 0 amide bonds. The van der Waals surface area contributed by atoms with Gasteiger partial charge in [0.15, 0.2) is 0 Å². The molecule has 2 radical (unpaired) electrons. The van der Waals surface area contributed by atoms with Crippen molar-refractivity contribution in [1.29, 1.82) is 0 Å². The van der Waals surface area contributed by atoms with Crippen LogP contribution in [0.3, 0.4) is 0 Å². The van der Waals surface area contributed by atoms with Crippen molar-refractivity contribution in [3.05, 3.63) is 140 Å². The highest BCUT2D eigenvalue weighted by Gasteiger charge is 2.15. The highest BCUT2D eigenvalue weighted by atomic mass is 15.0. The summed E-state index contributed by atoms with van der Waals surface area (Å²) in [6.07, 6.45) is 0. The summed E-state index contributed by atoms with van der Waals surface area (Å²) in [5.41, 5.74) is 10.3. The van der Waals surface area contributed by atoms with E-state index in [0.29, 0.717) is 0 Å². The minimum Gasteiger partial charge on any atom is -0.309 e. The van der Waals surface area contributed by atoms with E-state index in [-0.39, 0.29) is 0 Å². The van der Waals surface area contributed by atoms with Gasteiger partial charge in [-0.15, -0.1) is 0 Å². The monoisotopic (exact) mass is 494 g/mol. The lowest BCUT2D eigenvalue weighted by atomic mass is 9.96. The maximum absolute atomic E-state index is 5.99. The molecule has 2 nitrogen and oxygen atoms in total. The summed E-state index contributed by atoms with van der Waals surface area (Å²) in [5, 5.41) is 5.01. The van der Waals surface area contributed by atoms with Crippen LogP contribution >= 0.6 is 0 Å². The first kappa shape index (κ1) is 22.0. The third-order valence-corrected chi connectivity index (χ3v) is 7.84. The van der Waals surface area contributed by atoms with E-state index in [1.165, 1.54) is 60.4 Å². The van der Waals surface area contributed by atoms with Gasteiger partial charge in [0.25, 0.3) is 0 Å². The van der Waals surface area contributed by atoms with Gasteiger partial charge in [-0.05, 0) is 71.8 Å².